The zero-order valence-corrected chi connectivity index (χ0v) is 11.1. The zero-order valence-electron chi connectivity index (χ0n) is 10.3. The maximum absolute atomic E-state index is 3.57. The molecule has 1 aliphatic heterocycles. The summed E-state index contributed by atoms with van der Waals surface area (Å²) in [4.78, 5) is 2.61. The van der Waals surface area contributed by atoms with Gasteiger partial charge in [0, 0.05) is 12.6 Å². The number of hydrogen-bond acceptors (Lipinski definition) is 3. The van der Waals surface area contributed by atoms with Gasteiger partial charge >= 0.3 is 0 Å². The first-order chi connectivity index (χ1) is 7.34. The highest BCUT2D eigenvalue weighted by atomic mass is 32.2. The molecular weight excluding hydrogens is 204 g/mol. The predicted molar refractivity (Wildman–Crippen MR) is 70.8 cm³/mol. The van der Waals surface area contributed by atoms with Crippen molar-refractivity contribution < 1.29 is 0 Å². The van der Waals surface area contributed by atoms with Crippen molar-refractivity contribution in [2.45, 2.75) is 38.6 Å². The number of nitrogens with one attached hydrogen (secondary N) is 1. The summed E-state index contributed by atoms with van der Waals surface area (Å²) in [6, 6.07) is 0.730. The van der Waals surface area contributed by atoms with Gasteiger partial charge in [0.15, 0.2) is 0 Å². The minimum Gasteiger partial charge on any atom is -0.315 e. The quantitative estimate of drug-likeness (QED) is 0.644. The molecule has 90 valence electrons. The first kappa shape index (κ1) is 13.3. The molecular formula is C12H26N2S. The van der Waals surface area contributed by atoms with E-state index in [0.717, 1.165) is 6.04 Å². The van der Waals surface area contributed by atoms with Gasteiger partial charge in [-0.3, -0.25) is 4.90 Å². The van der Waals surface area contributed by atoms with E-state index in [1.165, 1.54) is 57.6 Å². The van der Waals surface area contributed by atoms with Crippen LogP contribution in [0, 0.1) is 0 Å². The molecule has 1 aliphatic rings. The molecule has 3 heteroatoms. The van der Waals surface area contributed by atoms with Crippen LogP contribution < -0.4 is 5.32 Å². The fraction of sp³-hybridized carbons (Fsp3) is 1.00. The standard InChI is InChI=1S/C12H26N2S/c1-12(14-8-4-5-9-14)11-13-7-3-6-10-15-2/h12-13H,3-11H2,1-2H3. The second kappa shape index (κ2) is 8.43. The van der Waals surface area contributed by atoms with Crippen LogP contribution in [0.2, 0.25) is 0 Å². The lowest BCUT2D eigenvalue weighted by atomic mass is 10.3. The Labute approximate surface area is 99.2 Å². The molecule has 0 aromatic carbocycles. The average molecular weight is 230 g/mol. The van der Waals surface area contributed by atoms with E-state index < -0.39 is 0 Å². The van der Waals surface area contributed by atoms with Crippen LogP contribution in [0.1, 0.15) is 32.6 Å². The number of nitrogens with zero attached hydrogens (tertiary/aromatic N) is 1. The molecule has 0 radical (unpaired) electrons. The third kappa shape index (κ3) is 5.79. The fourth-order valence-corrected chi connectivity index (χ4v) is 2.61. The summed E-state index contributed by atoms with van der Waals surface area (Å²) in [6.45, 7) is 7.34. The van der Waals surface area contributed by atoms with Crippen LogP contribution in [0.4, 0.5) is 0 Å². The third-order valence-electron chi connectivity index (χ3n) is 3.16. The Kier molecular flexibility index (Phi) is 7.49. The van der Waals surface area contributed by atoms with Crippen molar-refractivity contribution in [3.05, 3.63) is 0 Å². The van der Waals surface area contributed by atoms with Crippen molar-refractivity contribution in [3.8, 4) is 0 Å². The molecule has 1 rings (SSSR count). The average Bonchev–Trinajstić information content (AvgIpc) is 2.76. The van der Waals surface area contributed by atoms with Gasteiger partial charge in [0.2, 0.25) is 0 Å². The highest BCUT2D eigenvalue weighted by Gasteiger charge is 2.16. The topological polar surface area (TPSA) is 15.3 Å². The summed E-state index contributed by atoms with van der Waals surface area (Å²) < 4.78 is 0. The van der Waals surface area contributed by atoms with Gasteiger partial charge in [-0.15, -0.1) is 0 Å². The van der Waals surface area contributed by atoms with E-state index in [1.54, 1.807) is 0 Å². The monoisotopic (exact) mass is 230 g/mol. The highest BCUT2D eigenvalue weighted by molar-refractivity contribution is 7.98. The Bertz CT molecular complexity index is 147. The molecule has 0 aliphatic carbocycles. The van der Waals surface area contributed by atoms with Gasteiger partial charge in [-0.1, -0.05) is 0 Å². The maximum Gasteiger partial charge on any atom is 0.0192 e. The lowest BCUT2D eigenvalue weighted by Crippen LogP contribution is -2.38. The molecule has 0 amide bonds. The fourth-order valence-electron chi connectivity index (χ4n) is 2.12. The van der Waals surface area contributed by atoms with E-state index >= 15 is 0 Å². The van der Waals surface area contributed by atoms with E-state index in [1.807, 2.05) is 11.8 Å². The van der Waals surface area contributed by atoms with E-state index in [9.17, 15) is 0 Å². The molecule has 1 unspecified atom stereocenters. The Morgan fingerprint density at radius 1 is 1.27 bits per heavy atom. The summed E-state index contributed by atoms with van der Waals surface area (Å²) in [6.07, 6.45) is 7.67. The van der Waals surface area contributed by atoms with Gasteiger partial charge in [0.25, 0.3) is 0 Å². The van der Waals surface area contributed by atoms with Gasteiger partial charge in [-0.25, -0.2) is 0 Å². The minimum absolute atomic E-state index is 0.730. The lowest BCUT2D eigenvalue weighted by molar-refractivity contribution is 0.252. The van der Waals surface area contributed by atoms with Crippen molar-refractivity contribution in [1.82, 2.24) is 10.2 Å². The van der Waals surface area contributed by atoms with Crippen LogP contribution in [0.3, 0.4) is 0 Å². The molecule has 1 saturated heterocycles. The van der Waals surface area contributed by atoms with Crippen LogP contribution in [-0.4, -0.2) is 49.1 Å². The molecule has 15 heavy (non-hydrogen) atoms. The van der Waals surface area contributed by atoms with Crippen molar-refractivity contribution in [2.24, 2.45) is 0 Å². The summed E-state index contributed by atoms with van der Waals surface area (Å²) in [5.41, 5.74) is 0. The first-order valence-corrected chi connectivity index (χ1v) is 7.67. The van der Waals surface area contributed by atoms with Crippen LogP contribution in [0.5, 0.6) is 0 Å². The Morgan fingerprint density at radius 2 is 2.00 bits per heavy atom. The lowest BCUT2D eigenvalue weighted by Gasteiger charge is -2.23. The van der Waals surface area contributed by atoms with Crippen LogP contribution in [-0.2, 0) is 0 Å². The SMILES string of the molecule is CSCCCCNCC(C)N1CCCC1. The normalized spacial score (nSPS) is 19.6. The van der Waals surface area contributed by atoms with Crippen LogP contribution >= 0.6 is 11.8 Å². The Balaban J connectivity index is 1.90. The van der Waals surface area contributed by atoms with Crippen molar-refractivity contribution in [3.63, 3.8) is 0 Å². The van der Waals surface area contributed by atoms with Crippen LogP contribution in [0.15, 0.2) is 0 Å². The Morgan fingerprint density at radius 3 is 2.67 bits per heavy atom. The van der Waals surface area contributed by atoms with E-state index in [2.05, 4.69) is 23.4 Å². The van der Waals surface area contributed by atoms with Crippen molar-refractivity contribution >= 4 is 11.8 Å². The molecule has 0 bridgehead atoms. The molecule has 0 saturated carbocycles. The third-order valence-corrected chi connectivity index (χ3v) is 3.85. The minimum atomic E-state index is 0.730. The summed E-state index contributed by atoms with van der Waals surface area (Å²) in [5.74, 6) is 1.31. The molecule has 1 heterocycles. The van der Waals surface area contributed by atoms with Gasteiger partial charge < -0.3 is 5.32 Å². The molecule has 0 aromatic rings. The summed E-state index contributed by atoms with van der Waals surface area (Å²) in [7, 11) is 0. The van der Waals surface area contributed by atoms with Gasteiger partial charge in [-0.2, -0.15) is 11.8 Å². The van der Waals surface area contributed by atoms with Crippen molar-refractivity contribution in [2.75, 3.05) is 38.2 Å². The maximum atomic E-state index is 3.57. The number of hydrogen-bond donors (Lipinski definition) is 1. The molecule has 1 N–H and O–H groups in total. The number of thioether (sulfide) groups is 1. The van der Waals surface area contributed by atoms with Crippen LogP contribution in [0.25, 0.3) is 0 Å². The highest BCUT2D eigenvalue weighted by Crippen LogP contribution is 2.10. The number of unbranched alkanes of at least 4 members (excludes halogenated alkanes) is 1. The summed E-state index contributed by atoms with van der Waals surface area (Å²) >= 11 is 1.95. The van der Waals surface area contributed by atoms with Crippen molar-refractivity contribution in [1.29, 1.82) is 0 Å². The van der Waals surface area contributed by atoms with E-state index in [0.29, 0.717) is 0 Å². The van der Waals surface area contributed by atoms with E-state index in [-0.39, 0.29) is 0 Å². The molecule has 0 spiro atoms. The molecule has 0 aromatic heterocycles. The molecule has 1 fully saturated rings. The largest absolute Gasteiger partial charge is 0.315 e. The second-order valence-electron chi connectivity index (χ2n) is 4.50. The smallest absolute Gasteiger partial charge is 0.0192 e. The van der Waals surface area contributed by atoms with Gasteiger partial charge in [0.1, 0.15) is 0 Å². The summed E-state index contributed by atoms with van der Waals surface area (Å²) in [5, 5.41) is 3.57. The Hall–Kier alpha value is 0.270. The zero-order chi connectivity index (χ0) is 10.9. The molecule has 2 nitrogen and oxygen atoms in total. The second-order valence-corrected chi connectivity index (χ2v) is 5.48. The first-order valence-electron chi connectivity index (χ1n) is 6.28. The number of likely N-dealkylation sites (tertiary alicyclic amines) is 1. The van der Waals surface area contributed by atoms with Gasteiger partial charge in [0.05, 0.1) is 0 Å². The predicted octanol–water partition coefficient (Wildman–Crippen LogP) is 2.20. The molecule has 1 atom stereocenters. The van der Waals surface area contributed by atoms with Gasteiger partial charge in [-0.05, 0) is 64.2 Å². The number of rotatable bonds is 8. The van der Waals surface area contributed by atoms with E-state index in [4.69, 9.17) is 0 Å².